The molecule has 0 N–H and O–H groups in total. The van der Waals surface area contributed by atoms with E-state index in [1.807, 2.05) is 0 Å². The minimum Gasteiger partial charge on any atom is -0.0616 e. The molecule has 0 nitrogen and oxygen atoms in total. The standard InChI is InChI=1S/C68H42/c1-3-17-47-39-51(37-31-43(47)15-1)65-53-21-5-9-25-57(53)67(58-26-10-6-22-54(58)65)61-29-13-19-45-33-35-49(41-63(45)61)50-36-34-46-20-14-30-62(64(46)42-50)68-59-27-11-7-23-55(59)66(56-24-8-12-28-60(56)68)52-38-32-44-16-2-4-18-48(44)40-52/h1-42H. The molecule has 0 aromatic heterocycles. The van der Waals surface area contributed by atoms with Crippen molar-refractivity contribution in [1.82, 2.24) is 0 Å². The highest BCUT2D eigenvalue weighted by atomic mass is 14.2. The second-order valence-corrected chi connectivity index (χ2v) is 18.3. The molecule has 314 valence electrons. The van der Waals surface area contributed by atoms with Gasteiger partial charge in [0, 0.05) is 0 Å². The lowest BCUT2D eigenvalue weighted by atomic mass is 9.83. The maximum absolute atomic E-state index is 2.43. The van der Waals surface area contributed by atoms with Crippen LogP contribution >= 0.6 is 0 Å². The molecule has 14 aromatic carbocycles. The summed E-state index contributed by atoms with van der Waals surface area (Å²) >= 11 is 0. The molecule has 0 saturated carbocycles. The molecular formula is C68H42. The number of hydrogen-bond acceptors (Lipinski definition) is 0. The maximum atomic E-state index is 2.43. The molecule has 0 aliphatic carbocycles. The van der Waals surface area contributed by atoms with E-state index in [0.29, 0.717) is 0 Å². The molecule has 0 heterocycles. The Morgan fingerprint density at radius 2 is 0.426 bits per heavy atom. The van der Waals surface area contributed by atoms with Gasteiger partial charge in [0.1, 0.15) is 0 Å². The summed E-state index contributed by atoms with van der Waals surface area (Å²) in [7, 11) is 0. The minimum absolute atomic E-state index is 1.20. The van der Waals surface area contributed by atoms with Crippen molar-refractivity contribution in [2.24, 2.45) is 0 Å². The molecule has 0 spiro atoms. The molecule has 14 aromatic rings. The van der Waals surface area contributed by atoms with Crippen LogP contribution in [0.1, 0.15) is 0 Å². The van der Waals surface area contributed by atoms with Crippen molar-refractivity contribution < 1.29 is 0 Å². The Balaban J connectivity index is 0.962. The van der Waals surface area contributed by atoms with E-state index in [1.54, 1.807) is 0 Å². The van der Waals surface area contributed by atoms with Gasteiger partial charge in [-0.05, 0) is 166 Å². The Hall–Kier alpha value is -8.84. The fourth-order valence-electron chi connectivity index (χ4n) is 11.5. The average molecular weight is 859 g/mol. The van der Waals surface area contributed by atoms with Gasteiger partial charge in [-0.15, -0.1) is 0 Å². The van der Waals surface area contributed by atoms with Crippen molar-refractivity contribution in [1.29, 1.82) is 0 Å². The topological polar surface area (TPSA) is 0 Å². The van der Waals surface area contributed by atoms with Crippen LogP contribution < -0.4 is 0 Å². The Morgan fingerprint density at radius 1 is 0.147 bits per heavy atom. The lowest BCUT2D eigenvalue weighted by Gasteiger charge is -2.20. The largest absolute Gasteiger partial charge is 0.0616 e. The van der Waals surface area contributed by atoms with Crippen LogP contribution in [0, 0.1) is 0 Å². The molecule has 0 atom stereocenters. The molecule has 0 unspecified atom stereocenters. The van der Waals surface area contributed by atoms with Crippen LogP contribution in [-0.4, -0.2) is 0 Å². The molecule has 0 saturated heterocycles. The summed E-state index contributed by atoms with van der Waals surface area (Å²) in [5, 5.41) is 20.0. The zero-order valence-electron chi connectivity index (χ0n) is 37.2. The van der Waals surface area contributed by atoms with Crippen molar-refractivity contribution >= 4 is 86.2 Å². The third kappa shape index (κ3) is 6.01. The van der Waals surface area contributed by atoms with E-state index in [-0.39, 0.29) is 0 Å². The number of benzene rings is 14. The summed E-state index contributed by atoms with van der Waals surface area (Å²) in [4.78, 5) is 0. The molecule has 0 aliphatic heterocycles. The van der Waals surface area contributed by atoms with E-state index in [9.17, 15) is 0 Å². The van der Waals surface area contributed by atoms with Crippen molar-refractivity contribution in [2.75, 3.05) is 0 Å². The first-order chi connectivity index (χ1) is 33.7. The van der Waals surface area contributed by atoms with Crippen LogP contribution in [0.15, 0.2) is 255 Å². The highest BCUT2D eigenvalue weighted by Gasteiger charge is 2.21. The number of rotatable bonds is 5. The zero-order valence-corrected chi connectivity index (χ0v) is 37.2. The molecule has 68 heavy (non-hydrogen) atoms. The van der Waals surface area contributed by atoms with Gasteiger partial charge in [-0.1, -0.05) is 231 Å². The van der Waals surface area contributed by atoms with Gasteiger partial charge < -0.3 is 0 Å². The quantitative estimate of drug-likeness (QED) is 0.151. The number of fused-ring (bicyclic) bond motifs is 8. The summed E-state index contributed by atoms with van der Waals surface area (Å²) < 4.78 is 0. The first kappa shape index (κ1) is 38.4. The van der Waals surface area contributed by atoms with Crippen molar-refractivity contribution in [2.45, 2.75) is 0 Å². The van der Waals surface area contributed by atoms with Crippen molar-refractivity contribution in [3.05, 3.63) is 255 Å². The Bertz CT molecular complexity index is 3980. The fraction of sp³-hybridized carbons (Fsp3) is 0. The van der Waals surface area contributed by atoms with E-state index >= 15 is 0 Å². The van der Waals surface area contributed by atoms with Crippen molar-refractivity contribution in [3.63, 3.8) is 0 Å². The SMILES string of the molecule is c1ccc2cc(-c3c4ccccc4c(-c4cccc5ccc(-c6ccc7cccc(-c8c9ccccc9c(-c9ccc%10ccccc%10c9)c9ccccc89)c7c6)cc45)c4ccccc34)ccc2c1. The lowest BCUT2D eigenvalue weighted by molar-refractivity contribution is 1.65. The summed E-state index contributed by atoms with van der Waals surface area (Å²) in [6, 6.07) is 94.8. The third-order valence-corrected chi connectivity index (χ3v) is 14.6. The maximum Gasteiger partial charge on any atom is -0.00201 e. The van der Waals surface area contributed by atoms with Gasteiger partial charge in [0.2, 0.25) is 0 Å². The van der Waals surface area contributed by atoms with Crippen LogP contribution in [0.4, 0.5) is 0 Å². The highest BCUT2D eigenvalue weighted by molar-refractivity contribution is 6.25. The Morgan fingerprint density at radius 3 is 0.794 bits per heavy atom. The molecule has 0 amide bonds. The minimum atomic E-state index is 1.20. The molecule has 0 radical (unpaired) electrons. The molecule has 0 fully saturated rings. The predicted molar refractivity (Wildman–Crippen MR) is 294 cm³/mol. The second-order valence-electron chi connectivity index (χ2n) is 18.3. The Labute approximate surface area is 394 Å². The van der Waals surface area contributed by atoms with E-state index in [1.165, 1.54) is 142 Å². The van der Waals surface area contributed by atoms with Crippen LogP contribution in [-0.2, 0) is 0 Å². The normalized spacial score (nSPS) is 11.8. The van der Waals surface area contributed by atoms with Gasteiger partial charge in [-0.2, -0.15) is 0 Å². The van der Waals surface area contributed by atoms with E-state index in [0.717, 1.165) is 0 Å². The second kappa shape index (κ2) is 15.4. The van der Waals surface area contributed by atoms with Gasteiger partial charge in [-0.25, -0.2) is 0 Å². The molecule has 0 heteroatoms. The summed E-state index contributed by atoms with van der Waals surface area (Å²) in [6.45, 7) is 0. The highest BCUT2D eigenvalue weighted by Crippen LogP contribution is 2.48. The third-order valence-electron chi connectivity index (χ3n) is 14.6. The fourth-order valence-corrected chi connectivity index (χ4v) is 11.5. The zero-order chi connectivity index (χ0) is 44.7. The molecule has 14 rings (SSSR count). The summed E-state index contributed by atoms with van der Waals surface area (Å²) in [5.74, 6) is 0. The van der Waals surface area contributed by atoms with Crippen LogP contribution in [0.25, 0.3) is 142 Å². The smallest absolute Gasteiger partial charge is 0.00201 e. The van der Waals surface area contributed by atoms with Crippen molar-refractivity contribution in [3.8, 4) is 55.6 Å². The monoisotopic (exact) mass is 858 g/mol. The van der Waals surface area contributed by atoms with Crippen LogP contribution in [0.3, 0.4) is 0 Å². The van der Waals surface area contributed by atoms with Gasteiger partial charge in [0.15, 0.2) is 0 Å². The predicted octanol–water partition coefficient (Wildman–Crippen LogP) is 19.2. The van der Waals surface area contributed by atoms with E-state index < -0.39 is 0 Å². The van der Waals surface area contributed by atoms with E-state index in [2.05, 4.69) is 255 Å². The summed E-state index contributed by atoms with van der Waals surface area (Å²) in [5.41, 5.74) is 12.5. The Kier molecular flexibility index (Phi) is 8.69. The summed E-state index contributed by atoms with van der Waals surface area (Å²) in [6.07, 6.45) is 0. The first-order valence-corrected chi connectivity index (χ1v) is 23.7. The van der Waals surface area contributed by atoms with Crippen LogP contribution in [0.5, 0.6) is 0 Å². The van der Waals surface area contributed by atoms with Gasteiger partial charge in [0.05, 0.1) is 0 Å². The molecule has 0 aliphatic rings. The average Bonchev–Trinajstić information content (AvgIpc) is 3.41. The van der Waals surface area contributed by atoms with Gasteiger partial charge in [0.25, 0.3) is 0 Å². The van der Waals surface area contributed by atoms with Gasteiger partial charge >= 0.3 is 0 Å². The molecular weight excluding hydrogens is 817 g/mol. The molecule has 0 bridgehead atoms. The van der Waals surface area contributed by atoms with Crippen LogP contribution in [0.2, 0.25) is 0 Å². The first-order valence-electron chi connectivity index (χ1n) is 23.7. The number of hydrogen-bond donors (Lipinski definition) is 0. The van der Waals surface area contributed by atoms with Gasteiger partial charge in [-0.3, -0.25) is 0 Å². The van der Waals surface area contributed by atoms with E-state index in [4.69, 9.17) is 0 Å². The lowest BCUT2D eigenvalue weighted by Crippen LogP contribution is -1.92.